The molecule has 1 saturated heterocycles. The third-order valence-corrected chi connectivity index (χ3v) is 5.54. The van der Waals surface area contributed by atoms with Crippen molar-refractivity contribution < 1.29 is 23.9 Å². The molecule has 3 fully saturated rings. The molecule has 2 saturated carbocycles. The summed E-state index contributed by atoms with van der Waals surface area (Å²) < 4.78 is 9.60. The van der Waals surface area contributed by atoms with E-state index in [1.165, 1.54) is 14.2 Å². The average Bonchev–Trinajstić information content (AvgIpc) is 2.84. The van der Waals surface area contributed by atoms with Gasteiger partial charge in [-0.3, -0.25) is 4.79 Å². The van der Waals surface area contributed by atoms with Gasteiger partial charge in [0.1, 0.15) is 0 Å². The molecule has 2 bridgehead atoms. The number of ether oxygens (including phenoxy) is 2. The minimum Gasteiger partial charge on any atom is -0.466 e. The van der Waals surface area contributed by atoms with E-state index < -0.39 is 11.9 Å². The van der Waals surface area contributed by atoms with E-state index in [0.717, 1.165) is 6.42 Å². The Balaban J connectivity index is 1.75. The lowest BCUT2D eigenvalue weighted by Gasteiger charge is -2.51. The molecule has 4 aliphatic rings. The van der Waals surface area contributed by atoms with Crippen molar-refractivity contribution in [3.05, 3.63) is 11.1 Å². The van der Waals surface area contributed by atoms with Gasteiger partial charge in [0.25, 0.3) is 0 Å². The standard InChI is InChI=1S/C14H15NO5/c1-19-13(17)9-6-4-3-5(11-8(4)12(16)15-11)7(6)10(9)14(18)20-2/h4-8,11H,3H2,1-2H3,(H,15,16)/t4-,5+,6+,7-,8-,11+/m1/s1. The van der Waals surface area contributed by atoms with Gasteiger partial charge in [-0.2, -0.15) is 0 Å². The first-order valence-electron chi connectivity index (χ1n) is 6.81. The van der Waals surface area contributed by atoms with Gasteiger partial charge >= 0.3 is 11.9 Å². The molecular weight excluding hydrogens is 262 g/mol. The fourth-order valence-electron chi connectivity index (χ4n) is 4.89. The van der Waals surface area contributed by atoms with Crippen LogP contribution in [0.2, 0.25) is 0 Å². The molecule has 1 heterocycles. The summed E-state index contributed by atoms with van der Waals surface area (Å²) in [6.07, 6.45) is 0.893. The lowest BCUT2D eigenvalue weighted by atomic mass is 9.55. The average molecular weight is 277 g/mol. The van der Waals surface area contributed by atoms with Crippen molar-refractivity contribution >= 4 is 17.8 Å². The second kappa shape index (κ2) is 3.62. The molecule has 0 aromatic carbocycles. The third-order valence-electron chi connectivity index (χ3n) is 5.54. The molecule has 106 valence electrons. The topological polar surface area (TPSA) is 81.7 Å². The van der Waals surface area contributed by atoms with Gasteiger partial charge < -0.3 is 14.8 Å². The highest BCUT2D eigenvalue weighted by Crippen LogP contribution is 2.67. The summed E-state index contributed by atoms with van der Waals surface area (Å²) in [6.45, 7) is 0. The van der Waals surface area contributed by atoms with Crippen LogP contribution in [0.4, 0.5) is 0 Å². The highest BCUT2D eigenvalue weighted by atomic mass is 16.5. The quantitative estimate of drug-likeness (QED) is 0.550. The first kappa shape index (κ1) is 11.9. The van der Waals surface area contributed by atoms with Gasteiger partial charge in [0.2, 0.25) is 5.91 Å². The van der Waals surface area contributed by atoms with Crippen molar-refractivity contribution in [3.63, 3.8) is 0 Å². The number of nitrogens with one attached hydrogen (secondary N) is 1. The maximum Gasteiger partial charge on any atom is 0.334 e. The molecule has 0 aromatic rings. The van der Waals surface area contributed by atoms with Gasteiger partial charge in [-0.25, -0.2) is 9.59 Å². The number of carbonyl (C=O) groups is 3. The van der Waals surface area contributed by atoms with Crippen LogP contribution in [0.1, 0.15) is 6.42 Å². The number of hydrogen-bond acceptors (Lipinski definition) is 5. The van der Waals surface area contributed by atoms with Crippen LogP contribution in [0, 0.1) is 29.6 Å². The van der Waals surface area contributed by atoms with Gasteiger partial charge in [-0.15, -0.1) is 0 Å². The van der Waals surface area contributed by atoms with E-state index in [1.807, 2.05) is 0 Å². The summed E-state index contributed by atoms with van der Waals surface area (Å²) in [4.78, 5) is 35.5. The van der Waals surface area contributed by atoms with Crippen molar-refractivity contribution in [1.82, 2.24) is 5.32 Å². The summed E-state index contributed by atoms with van der Waals surface area (Å²) in [5.74, 6) is -0.340. The molecule has 6 atom stereocenters. The molecule has 1 N–H and O–H groups in total. The number of amides is 1. The Morgan fingerprint density at radius 3 is 2.05 bits per heavy atom. The Morgan fingerprint density at radius 1 is 1.00 bits per heavy atom. The summed E-state index contributed by atoms with van der Waals surface area (Å²) in [7, 11) is 2.63. The van der Waals surface area contributed by atoms with Crippen molar-refractivity contribution in [2.75, 3.05) is 14.2 Å². The Morgan fingerprint density at radius 2 is 1.55 bits per heavy atom. The zero-order valence-electron chi connectivity index (χ0n) is 11.2. The number of methoxy groups -OCH3 is 2. The SMILES string of the molecule is COC(=O)C1=C(C(=O)OC)[C@H]2[C@H]3C[C@H]([C@@H]4NC(=O)[C@H]34)[C@@H]12. The molecule has 1 aliphatic heterocycles. The van der Waals surface area contributed by atoms with Gasteiger partial charge in [0.05, 0.1) is 31.3 Å². The minimum atomic E-state index is -0.463. The van der Waals surface area contributed by atoms with E-state index in [1.54, 1.807) is 0 Å². The summed E-state index contributed by atoms with van der Waals surface area (Å²) >= 11 is 0. The zero-order valence-corrected chi connectivity index (χ0v) is 11.2. The van der Waals surface area contributed by atoms with Crippen molar-refractivity contribution in [3.8, 4) is 0 Å². The molecule has 4 rings (SSSR count). The predicted molar refractivity (Wildman–Crippen MR) is 65.1 cm³/mol. The molecule has 6 heteroatoms. The fraction of sp³-hybridized carbons (Fsp3) is 0.643. The van der Waals surface area contributed by atoms with Crippen LogP contribution in [0.5, 0.6) is 0 Å². The molecule has 6 nitrogen and oxygen atoms in total. The van der Waals surface area contributed by atoms with Crippen LogP contribution in [0.3, 0.4) is 0 Å². The summed E-state index contributed by atoms with van der Waals surface area (Å²) in [5, 5.41) is 2.93. The molecule has 0 aromatic heterocycles. The maximum atomic E-state index is 11.9. The number of β-lactam (4-membered cyclic amide) rings is 1. The van der Waals surface area contributed by atoms with Crippen molar-refractivity contribution in [1.29, 1.82) is 0 Å². The van der Waals surface area contributed by atoms with Gasteiger partial charge in [0, 0.05) is 17.9 Å². The minimum absolute atomic E-state index is 0.00569. The molecule has 0 spiro atoms. The van der Waals surface area contributed by atoms with E-state index in [0.29, 0.717) is 11.1 Å². The smallest absolute Gasteiger partial charge is 0.334 e. The van der Waals surface area contributed by atoms with E-state index in [-0.39, 0.29) is 41.5 Å². The van der Waals surface area contributed by atoms with E-state index in [4.69, 9.17) is 9.47 Å². The predicted octanol–water partition coefficient (Wildman–Crippen LogP) is -0.361. The normalized spacial score (nSPS) is 43.0. The second-order valence-corrected chi connectivity index (χ2v) is 5.99. The Hall–Kier alpha value is -1.85. The molecule has 3 aliphatic carbocycles. The van der Waals surface area contributed by atoms with E-state index in [9.17, 15) is 14.4 Å². The van der Waals surface area contributed by atoms with E-state index >= 15 is 0 Å². The zero-order chi connectivity index (χ0) is 14.2. The Labute approximate surface area is 115 Å². The van der Waals surface area contributed by atoms with Crippen LogP contribution in [0.25, 0.3) is 0 Å². The lowest BCUT2D eigenvalue weighted by Crippen LogP contribution is -2.66. The van der Waals surface area contributed by atoms with Gasteiger partial charge in [-0.05, 0) is 18.3 Å². The molecule has 20 heavy (non-hydrogen) atoms. The number of rotatable bonds is 2. The maximum absolute atomic E-state index is 11.9. The van der Waals surface area contributed by atoms with Gasteiger partial charge in [-0.1, -0.05) is 0 Å². The van der Waals surface area contributed by atoms with E-state index in [2.05, 4.69) is 5.32 Å². The van der Waals surface area contributed by atoms with Crippen molar-refractivity contribution in [2.24, 2.45) is 29.6 Å². The molecule has 1 amide bonds. The summed E-state index contributed by atoms with van der Waals surface area (Å²) in [6, 6.07) is 0.174. The summed E-state index contributed by atoms with van der Waals surface area (Å²) in [5.41, 5.74) is 0.909. The van der Waals surface area contributed by atoms with Crippen molar-refractivity contribution in [2.45, 2.75) is 12.5 Å². The van der Waals surface area contributed by atoms with Crippen LogP contribution in [-0.2, 0) is 23.9 Å². The number of esters is 2. The highest BCUT2D eigenvalue weighted by molar-refractivity contribution is 6.05. The number of carbonyl (C=O) groups excluding carboxylic acids is 3. The number of fused-ring (bicyclic) bond motifs is 8. The van der Waals surface area contributed by atoms with Gasteiger partial charge in [0.15, 0.2) is 0 Å². The third kappa shape index (κ3) is 1.10. The van der Waals surface area contributed by atoms with Crippen LogP contribution in [-0.4, -0.2) is 38.1 Å². The highest BCUT2D eigenvalue weighted by Gasteiger charge is 2.71. The van der Waals surface area contributed by atoms with Crippen LogP contribution in [0.15, 0.2) is 11.1 Å². The monoisotopic (exact) mass is 277 g/mol. The second-order valence-electron chi connectivity index (χ2n) is 5.99. The Kier molecular flexibility index (Phi) is 2.16. The molecular formula is C14H15NO5. The van der Waals surface area contributed by atoms with Crippen LogP contribution < -0.4 is 5.32 Å². The first-order chi connectivity index (χ1) is 9.60. The molecule has 0 unspecified atom stereocenters. The largest absolute Gasteiger partial charge is 0.466 e. The molecule has 0 radical (unpaired) electrons. The Bertz CT molecular complexity index is 580. The van der Waals surface area contributed by atoms with Crippen LogP contribution >= 0.6 is 0 Å². The lowest BCUT2D eigenvalue weighted by molar-refractivity contribution is -0.147. The first-order valence-corrected chi connectivity index (χ1v) is 6.81. The fourth-order valence-corrected chi connectivity index (χ4v) is 4.89. The number of hydrogen-bond donors (Lipinski definition) is 1.